The molecule has 5 nitrogen and oxygen atoms in total. The lowest BCUT2D eigenvalue weighted by Crippen LogP contribution is -2.38. The van der Waals surface area contributed by atoms with Gasteiger partial charge in [-0.2, -0.15) is 0 Å². The molecule has 0 amide bonds. The highest BCUT2D eigenvalue weighted by Crippen LogP contribution is 2.37. The number of non-ortho nitro benzene ring substituents is 1. The summed E-state index contributed by atoms with van der Waals surface area (Å²) in [5, 5.41) is 16.0. The number of hydrogen-bond acceptors (Lipinski definition) is 3. The van der Waals surface area contributed by atoms with Gasteiger partial charge in [0.1, 0.15) is 0 Å². The smallest absolute Gasteiger partial charge is 0.270 e. The van der Waals surface area contributed by atoms with Gasteiger partial charge in [0.2, 0.25) is 0 Å². The van der Waals surface area contributed by atoms with Crippen LogP contribution in [0.5, 0.6) is 0 Å². The lowest BCUT2D eigenvalue weighted by Gasteiger charge is -2.32. The molecule has 138 valence electrons. The van der Waals surface area contributed by atoms with E-state index in [9.17, 15) is 10.1 Å². The van der Waals surface area contributed by atoms with Crippen LogP contribution in [0, 0.1) is 10.1 Å². The third-order valence-corrected chi connectivity index (χ3v) is 6.19. The van der Waals surface area contributed by atoms with E-state index in [1.807, 2.05) is 6.07 Å². The lowest BCUT2D eigenvalue weighted by molar-refractivity contribution is -0.384. The minimum absolute atomic E-state index is 0.170. The van der Waals surface area contributed by atoms with Gasteiger partial charge in [-0.05, 0) is 61.3 Å². The third kappa shape index (κ3) is 2.92. The van der Waals surface area contributed by atoms with Gasteiger partial charge < -0.3 is 10.3 Å². The molecule has 2 unspecified atom stereocenters. The van der Waals surface area contributed by atoms with E-state index in [0.29, 0.717) is 12.1 Å². The lowest BCUT2D eigenvalue weighted by atomic mass is 9.86. The van der Waals surface area contributed by atoms with E-state index < -0.39 is 0 Å². The Hall–Kier alpha value is -2.66. The van der Waals surface area contributed by atoms with Crippen molar-refractivity contribution in [2.75, 3.05) is 0 Å². The number of fused-ring (bicyclic) bond motifs is 4. The number of aromatic nitrogens is 1. The Morgan fingerprint density at radius 3 is 2.78 bits per heavy atom. The molecule has 0 fully saturated rings. The molecular weight excluding hydrogens is 338 g/mol. The Labute approximate surface area is 157 Å². The molecule has 2 atom stereocenters. The van der Waals surface area contributed by atoms with Crippen molar-refractivity contribution in [1.82, 2.24) is 10.3 Å². The van der Waals surface area contributed by atoms with Crippen molar-refractivity contribution in [3.05, 3.63) is 75.0 Å². The topological polar surface area (TPSA) is 71.0 Å². The van der Waals surface area contributed by atoms with E-state index in [4.69, 9.17) is 0 Å². The van der Waals surface area contributed by atoms with Crippen LogP contribution in [0.3, 0.4) is 0 Å². The first-order chi connectivity index (χ1) is 13.2. The van der Waals surface area contributed by atoms with Crippen LogP contribution in [0.25, 0.3) is 10.9 Å². The average molecular weight is 361 g/mol. The molecule has 5 heteroatoms. The van der Waals surface area contributed by atoms with Crippen LogP contribution < -0.4 is 5.32 Å². The SMILES string of the molecule is O=[N+]([O-])c1ccc2[nH]c3c(c2c1)CCCC3NC1CCc2ccccc2C1. The predicted octanol–water partition coefficient (Wildman–Crippen LogP) is 4.60. The minimum atomic E-state index is -0.309. The second-order valence-electron chi connectivity index (χ2n) is 7.82. The van der Waals surface area contributed by atoms with Crippen LogP contribution >= 0.6 is 0 Å². The van der Waals surface area contributed by atoms with Crippen LogP contribution in [-0.2, 0) is 19.3 Å². The summed E-state index contributed by atoms with van der Waals surface area (Å²) in [6, 6.07) is 14.7. The standard InChI is InChI=1S/C22H23N3O2/c26-25(27)17-10-11-20-19(13-17)18-6-3-7-21(22(18)24-20)23-16-9-8-14-4-1-2-5-15(14)12-16/h1-2,4-5,10-11,13,16,21,23-24H,3,6-9,12H2. The molecule has 27 heavy (non-hydrogen) atoms. The first-order valence-electron chi connectivity index (χ1n) is 9.81. The molecule has 0 aliphatic heterocycles. The van der Waals surface area contributed by atoms with E-state index in [1.165, 1.54) is 22.4 Å². The molecule has 0 radical (unpaired) electrons. The highest BCUT2D eigenvalue weighted by molar-refractivity contribution is 5.87. The summed E-state index contributed by atoms with van der Waals surface area (Å²) < 4.78 is 0. The molecule has 0 saturated carbocycles. The average Bonchev–Trinajstić information content (AvgIpc) is 3.07. The minimum Gasteiger partial charge on any atom is -0.357 e. The highest BCUT2D eigenvalue weighted by Gasteiger charge is 2.28. The Morgan fingerprint density at radius 1 is 1.07 bits per heavy atom. The normalized spacial score (nSPS) is 21.6. The zero-order chi connectivity index (χ0) is 18.4. The maximum atomic E-state index is 11.1. The number of nitro benzene ring substituents is 1. The molecular formula is C22H23N3O2. The fourth-order valence-corrected chi connectivity index (χ4v) is 4.86. The number of nitrogens with zero attached hydrogens (tertiary/aromatic N) is 1. The van der Waals surface area contributed by atoms with Gasteiger partial charge in [0.25, 0.3) is 5.69 Å². The van der Waals surface area contributed by atoms with E-state index in [-0.39, 0.29) is 10.6 Å². The van der Waals surface area contributed by atoms with Crippen molar-refractivity contribution in [3.8, 4) is 0 Å². The summed E-state index contributed by atoms with van der Waals surface area (Å²) in [5.41, 5.74) is 6.61. The van der Waals surface area contributed by atoms with Crippen molar-refractivity contribution in [1.29, 1.82) is 0 Å². The van der Waals surface area contributed by atoms with Gasteiger partial charge in [-0.25, -0.2) is 0 Å². The van der Waals surface area contributed by atoms with Crippen molar-refractivity contribution < 1.29 is 4.92 Å². The molecule has 2 N–H and O–H groups in total. The number of nitro groups is 1. The van der Waals surface area contributed by atoms with Gasteiger partial charge in [0.15, 0.2) is 0 Å². The van der Waals surface area contributed by atoms with Gasteiger partial charge in [0, 0.05) is 40.8 Å². The molecule has 0 spiro atoms. The molecule has 1 aromatic heterocycles. The largest absolute Gasteiger partial charge is 0.357 e. The summed E-state index contributed by atoms with van der Waals surface area (Å²) in [7, 11) is 0. The molecule has 3 aromatic rings. The molecule has 0 saturated heterocycles. The number of aryl methyl sites for hydroxylation is 2. The maximum absolute atomic E-state index is 11.1. The Kier molecular flexibility index (Phi) is 3.97. The fourth-order valence-electron chi connectivity index (χ4n) is 4.86. The van der Waals surface area contributed by atoms with Crippen molar-refractivity contribution >= 4 is 16.6 Å². The Bertz CT molecular complexity index is 1020. The highest BCUT2D eigenvalue weighted by atomic mass is 16.6. The second-order valence-corrected chi connectivity index (χ2v) is 7.82. The number of nitrogens with one attached hydrogen (secondary N) is 2. The zero-order valence-electron chi connectivity index (χ0n) is 15.2. The van der Waals surface area contributed by atoms with Gasteiger partial charge in [-0.15, -0.1) is 0 Å². The first kappa shape index (κ1) is 16.5. The molecule has 2 aliphatic carbocycles. The monoisotopic (exact) mass is 361 g/mol. The molecule has 2 aromatic carbocycles. The predicted molar refractivity (Wildman–Crippen MR) is 106 cm³/mol. The number of benzene rings is 2. The van der Waals surface area contributed by atoms with Gasteiger partial charge in [-0.3, -0.25) is 10.1 Å². The van der Waals surface area contributed by atoms with Gasteiger partial charge in [0.05, 0.1) is 4.92 Å². The van der Waals surface area contributed by atoms with Gasteiger partial charge in [-0.1, -0.05) is 24.3 Å². The number of hydrogen-bond donors (Lipinski definition) is 2. The van der Waals surface area contributed by atoms with Crippen LogP contribution in [0.1, 0.15) is 47.7 Å². The Balaban J connectivity index is 1.43. The summed E-state index contributed by atoms with van der Waals surface area (Å²) in [5.74, 6) is 0. The number of H-pyrrole nitrogens is 1. The quantitative estimate of drug-likeness (QED) is 0.529. The summed E-state index contributed by atoms with van der Waals surface area (Å²) in [6.45, 7) is 0. The summed E-state index contributed by atoms with van der Waals surface area (Å²) >= 11 is 0. The molecule has 0 bridgehead atoms. The molecule has 2 aliphatic rings. The van der Waals surface area contributed by atoms with Gasteiger partial charge >= 0.3 is 0 Å². The van der Waals surface area contributed by atoms with E-state index in [2.05, 4.69) is 34.6 Å². The van der Waals surface area contributed by atoms with E-state index >= 15 is 0 Å². The Morgan fingerprint density at radius 2 is 1.93 bits per heavy atom. The molecule has 1 heterocycles. The molecule has 5 rings (SSSR count). The second kappa shape index (κ2) is 6.50. The van der Waals surface area contributed by atoms with Crippen LogP contribution in [0.4, 0.5) is 5.69 Å². The van der Waals surface area contributed by atoms with Crippen molar-refractivity contribution in [2.45, 2.75) is 50.6 Å². The first-order valence-corrected chi connectivity index (χ1v) is 9.81. The maximum Gasteiger partial charge on any atom is 0.270 e. The number of aromatic amines is 1. The van der Waals surface area contributed by atoms with Crippen molar-refractivity contribution in [3.63, 3.8) is 0 Å². The van der Waals surface area contributed by atoms with Crippen LogP contribution in [0.15, 0.2) is 42.5 Å². The summed E-state index contributed by atoms with van der Waals surface area (Å²) in [6.07, 6.45) is 6.58. The van der Waals surface area contributed by atoms with E-state index in [0.717, 1.165) is 49.4 Å². The number of rotatable bonds is 3. The van der Waals surface area contributed by atoms with Crippen molar-refractivity contribution in [2.24, 2.45) is 0 Å². The zero-order valence-corrected chi connectivity index (χ0v) is 15.2. The summed E-state index contributed by atoms with van der Waals surface area (Å²) in [4.78, 5) is 14.4. The van der Waals surface area contributed by atoms with Crippen LogP contribution in [0.2, 0.25) is 0 Å². The van der Waals surface area contributed by atoms with Crippen LogP contribution in [-0.4, -0.2) is 15.9 Å². The third-order valence-electron chi connectivity index (χ3n) is 6.19. The van der Waals surface area contributed by atoms with E-state index in [1.54, 1.807) is 12.1 Å². The fraction of sp³-hybridized carbons (Fsp3) is 0.364.